The summed E-state index contributed by atoms with van der Waals surface area (Å²) in [5.41, 5.74) is 1.31. The van der Waals surface area contributed by atoms with Crippen molar-refractivity contribution in [1.29, 1.82) is 0 Å². The van der Waals surface area contributed by atoms with Gasteiger partial charge in [-0.15, -0.1) is 13.2 Å². The summed E-state index contributed by atoms with van der Waals surface area (Å²) in [5, 5.41) is 5.43. The zero-order chi connectivity index (χ0) is 22.7. The Morgan fingerprint density at radius 1 is 1.06 bits per heavy atom. The number of nitrogens with one attached hydrogen (secondary N) is 2. The maximum absolute atomic E-state index is 13.1. The molecule has 164 valence electrons. The first-order valence-electron chi connectivity index (χ1n) is 9.40. The van der Waals surface area contributed by atoms with E-state index in [-0.39, 0.29) is 18.3 Å². The summed E-state index contributed by atoms with van der Waals surface area (Å²) in [7, 11) is 0. The van der Waals surface area contributed by atoms with Crippen molar-refractivity contribution in [2.75, 3.05) is 16.8 Å². The third-order valence-corrected chi connectivity index (χ3v) is 4.56. The lowest BCUT2D eigenvalue weighted by molar-refractivity contribution is -0.274. The number of carbonyl (C=O) groups is 2. The van der Waals surface area contributed by atoms with E-state index in [9.17, 15) is 22.8 Å². The van der Waals surface area contributed by atoms with Crippen molar-refractivity contribution in [1.82, 2.24) is 15.3 Å². The number of nitrogens with zero attached hydrogens (tertiary/aromatic N) is 3. The molecular formula is C21H16F3N5O3. The molecule has 0 radical (unpaired) electrons. The van der Waals surface area contributed by atoms with Crippen molar-refractivity contribution in [2.45, 2.75) is 12.4 Å². The second-order valence-corrected chi connectivity index (χ2v) is 6.76. The van der Waals surface area contributed by atoms with Gasteiger partial charge in [0.15, 0.2) is 5.82 Å². The van der Waals surface area contributed by atoms with E-state index in [1.54, 1.807) is 30.3 Å². The van der Waals surface area contributed by atoms with Crippen LogP contribution in [0.15, 0.2) is 67.0 Å². The summed E-state index contributed by atoms with van der Waals surface area (Å²) >= 11 is 0. The third kappa shape index (κ3) is 4.77. The summed E-state index contributed by atoms with van der Waals surface area (Å²) in [4.78, 5) is 34.8. The molecule has 4 rings (SSSR count). The number of anilines is 2. The minimum absolute atomic E-state index is 0.247. The molecule has 3 amide bonds. The van der Waals surface area contributed by atoms with E-state index in [1.165, 1.54) is 29.4 Å². The van der Waals surface area contributed by atoms with Crippen LogP contribution < -0.4 is 20.3 Å². The fraction of sp³-hybridized carbons (Fsp3) is 0.143. The highest BCUT2D eigenvalue weighted by atomic mass is 19.4. The van der Waals surface area contributed by atoms with Gasteiger partial charge in [-0.05, 0) is 42.0 Å². The lowest BCUT2D eigenvalue weighted by Gasteiger charge is -2.30. The van der Waals surface area contributed by atoms with Crippen molar-refractivity contribution in [3.8, 4) is 5.75 Å². The van der Waals surface area contributed by atoms with Gasteiger partial charge in [0.2, 0.25) is 5.91 Å². The Hall–Kier alpha value is -4.15. The molecule has 0 fully saturated rings. The number of alkyl halides is 3. The SMILES string of the molecule is O=C1CN(C(=O)NC(c2ccc(OC(F)(F)F)cc2)c2ccccn2)c2ncccc2N1. The summed E-state index contributed by atoms with van der Waals surface area (Å²) in [6, 6.07) is 12.0. The molecule has 32 heavy (non-hydrogen) atoms. The van der Waals surface area contributed by atoms with E-state index in [1.807, 2.05) is 0 Å². The highest BCUT2D eigenvalue weighted by molar-refractivity contribution is 6.08. The zero-order valence-electron chi connectivity index (χ0n) is 16.3. The van der Waals surface area contributed by atoms with E-state index in [0.29, 0.717) is 16.9 Å². The van der Waals surface area contributed by atoms with Crippen LogP contribution in [-0.2, 0) is 4.79 Å². The van der Waals surface area contributed by atoms with Crippen LogP contribution in [0.25, 0.3) is 0 Å². The Kier molecular flexibility index (Phi) is 5.63. The molecule has 2 N–H and O–H groups in total. The normalized spacial score (nSPS) is 14.2. The second kappa shape index (κ2) is 8.53. The number of ether oxygens (including phenoxy) is 1. The Bertz CT molecular complexity index is 1120. The molecule has 1 unspecified atom stereocenters. The fourth-order valence-corrected chi connectivity index (χ4v) is 3.22. The van der Waals surface area contributed by atoms with Crippen molar-refractivity contribution in [3.63, 3.8) is 0 Å². The molecule has 8 nitrogen and oxygen atoms in total. The Labute approximate surface area is 180 Å². The quantitative estimate of drug-likeness (QED) is 0.642. The number of amides is 3. The first kappa shape index (κ1) is 21.1. The number of fused-ring (bicyclic) bond motifs is 1. The molecule has 1 aromatic carbocycles. The van der Waals surface area contributed by atoms with E-state index < -0.39 is 24.2 Å². The van der Waals surface area contributed by atoms with Crippen LogP contribution in [0.2, 0.25) is 0 Å². The number of benzene rings is 1. The van der Waals surface area contributed by atoms with Crippen LogP contribution in [0.1, 0.15) is 17.3 Å². The number of aromatic nitrogens is 2. The van der Waals surface area contributed by atoms with Crippen molar-refractivity contribution < 1.29 is 27.5 Å². The predicted molar refractivity (Wildman–Crippen MR) is 108 cm³/mol. The molecule has 0 spiro atoms. The zero-order valence-corrected chi connectivity index (χ0v) is 16.3. The maximum Gasteiger partial charge on any atom is 0.573 e. The van der Waals surface area contributed by atoms with Gasteiger partial charge in [-0.3, -0.25) is 14.7 Å². The van der Waals surface area contributed by atoms with Crippen LogP contribution in [-0.4, -0.2) is 34.8 Å². The molecule has 2 aromatic heterocycles. The van der Waals surface area contributed by atoms with Gasteiger partial charge >= 0.3 is 12.4 Å². The summed E-state index contributed by atoms with van der Waals surface area (Å²) in [5.74, 6) is -0.500. The first-order valence-corrected chi connectivity index (χ1v) is 9.40. The lowest BCUT2D eigenvalue weighted by atomic mass is 10.0. The average molecular weight is 443 g/mol. The molecule has 11 heteroatoms. The van der Waals surface area contributed by atoms with Crippen molar-refractivity contribution in [2.24, 2.45) is 0 Å². The van der Waals surface area contributed by atoms with Gasteiger partial charge in [0, 0.05) is 12.4 Å². The highest BCUT2D eigenvalue weighted by Gasteiger charge is 2.32. The Balaban J connectivity index is 1.63. The summed E-state index contributed by atoms with van der Waals surface area (Å²) in [6.45, 7) is -0.247. The molecule has 3 heterocycles. The van der Waals surface area contributed by atoms with Gasteiger partial charge in [0.1, 0.15) is 12.3 Å². The average Bonchev–Trinajstić information content (AvgIpc) is 2.77. The molecule has 3 aromatic rings. The molecule has 1 atom stereocenters. The smallest absolute Gasteiger partial charge is 0.406 e. The molecular weight excluding hydrogens is 427 g/mol. The van der Waals surface area contributed by atoms with E-state index in [4.69, 9.17) is 0 Å². The lowest BCUT2D eigenvalue weighted by Crippen LogP contribution is -2.48. The van der Waals surface area contributed by atoms with Crippen LogP contribution >= 0.6 is 0 Å². The largest absolute Gasteiger partial charge is 0.573 e. The molecule has 0 bridgehead atoms. The number of urea groups is 1. The van der Waals surface area contributed by atoms with Crippen LogP contribution in [0.4, 0.5) is 29.5 Å². The maximum atomic E-state index is 13.1. The van der Waals surface area contributed by atoms with Crippen LogP contribution in [0, 0.1) is 0 Å². The minimum Gasteiger partial charge on any atom is -0.406 e. The first-order chi connectivity index (χ1) is 15.3. The molecule has 0 aliphatic carbocycles. The standard InChI is InChI=1S/C21H16F3N5O3/c22-21(23,24)32-14-8-6-13(7-9-14)18(15-4-1-2-10-25-15)28-20(31)29-12-17(30)27-16-5-3-11-26-19(16)29/h1-11,18H,12H2,(H,27,30)(H,28,31). The topological polar surface area (TPSA) is 96.5 Å². The molecule has 1 aliphatic rings. The van der Waals surface area contributed by atoms with Gasteiger partial charge in [0.05, 0.1) is 17.4 Å². The minimum atomic E-state index is -4.81. The van der Waals surface area contributed by atoms with Gasteiger partial charge in [-0.25, -0.2) is 9.78 Å². The van der Waals surface area contributed by atoms with Crippen LogP contribution in [0.3, 0.4) is 0 Å². The second-order valence-electron chi connectivity index (χ2n) is 6.76. The van der Waals surface area contributed by atoms with Crippen molar-refractivity contribution in [3.05, 3.63) is 78.2 Å². The molecule has 1 aliphatic heterocycles. The van der Waals surface area contributed by atoms with Gasteiger partial charge < -0.3 is 15.4 Å². The number of rotatable bonds is 4. The van der Waals surface area contributed by atoms with E-state index in [2.05, 4.69) is 25.3 Å². The number of hydrogen-bond acceptors (Lipinski definition) is 5. The van der Waals surface area contributed by atoms with Gasteiger partial charge in [0.25, 0.3) is 0 Å². The number of halogens is 3. The third-order valence-electron chi connectivity index (χ3n) is 4.56. The molecule has 0 saturated carbocycles. The van der Waals surface area contributed by atoms with Gasteiger partial charge in [-0.1, -0.05) is 18.2 Å². The Morgan fingerprint density at radius 2 is 1.81 bits per heavy atom. The Morgan fingerprint density at radius 3 is 2.50 bits per heavy atom. The summed E-state index contributed by atoms with van der Waals surface area (Å²) < 4.78 is 41.3. The van der Waals surface area contributed by atoms with Crippen molar-refractivity contribution >= 4 is 23.4 Å². The number of pyridine rings is 2. The van der Waals surface area contributed by atoms with E-state index in [0.717, 1.165) is 12.1 Å². The highest BCUT2D eigenvalue weighted by Crippen LogP contribution is 2.29. The summed E-state index contributed by atoms with van der Waals surface area (Å²) in [6.07, 6.45) is -1.79. The van der Waals surface area contributed by atoms with Crippen LogP contribution in [0.5, 0.6) is 5.75 Å². The fourth-order valence-electron chi connectivity index (χ4n) is 3.22. The number of hydrogen-bond donors (Lipinski definition) is 2. The monoisotopic (exact) mass is 443 g/mol. The number of carbonyl (C=O) groups excluding carboxylic acids is 2. The van der Waals surface area contributed by atoms with E-state index >= 15 is 0 Å². The van der Waals surface area contributed by atoms with Gasteiger partial charge in [-0.2, -0.15) is 0 Å². The molecule has 0 saturated heterocycles. The predicted octanol–water partition coefficient (Wildman–Crippen LogP) is 3.63.